The molecule has 0 saturated heterocycles. The zero-order chi connectivity index (χ0) is 12.8. The van der Waals surface area contributed by atoms with Gasteiger partial charge < -0.3 is 4.74 Å². The van der Waals surface area contributed by atoms with E-state index in [4.69, 9.17) is 4.74 Å². The van der Waals surface area contributed by atoms with E-state index in [1.54, 1.807) is 0 Å². The second-order valence-electron chi connectivity index (χ2n) is 5.01. The average Bonchev–Trinajstić information content (AvgIpc) is 2.88. The van der Waals surface area contributed by atoms with E-state index >= 15 is 0 Å². The molecule has 1 aromatic carbocycles. The molecule has 1 aromatic rings. The summed E-state index contributed by atoms with van der Waals surface area (Å²) < 4.78 is 6.82. The Balaban J connectivity index is 1.63. The highest BCUT2D eigenvalue weighted by Crippen LogP contribution is 2.33. The van der Waals surface area contributed by atoms with Gasteiger partial charge in [-0.3, -0.25) is 0 Å². The Labute approximate surface area is 127 Å². The van der Waals surface area contributed by atoms with Gasteiger partial charge in [-0.2, -0.15) is 0 Å². The molecule has 1 saturated carbocycles. The first-order chi connectivity index (χ1) is 8.75. The van der Waals surface area contributed by atoms with E-state index in [1.165, 1.54) is 32.1 Å². The molecular formula is C15H20Br2O. The van der Waals surface area contributed by atoms with Gasteiger partial charge in [-0.25, -0.2) is 0 Å². The lowest BCUT2D eigenvalue weighted by Crippen LogP contribution is -2.12. The van der Waals surface area contributed by atoms with E-state index in [2.05, 4.69) is 31.9 Å². The smallest absolute Gasteiger partial charge is 0.120 e. The molecule has 2 rings (SSSR count). The standard InChI is InChI=1S/C15H20Br2O/c16-13-7-3-8-14(11-13)18-10-4-9-15(17)12-5-1-2-6-12/h3,7-8,11-12,15H,1-2,4-6,9-10H2. The Morgan fingerprint density at radius 1 is 1.28 bits per heavy atom. The quantitative estimate of drug-likeness (QED) is 0.467. The molecule has 0 heterocycles. The fourth-order valence-electron chi connectivity index (χ4n) is 2.58. The highest BCUT2D eigenvalue weighted by Gasteiger charge is 2.22. The van der Waals surface area contributed by atoms with Crippen LogP contribution in [0.15, 0.2) is 28.7 Å². The lowest BCUT2D eigenvalue weighted by atomic mass is 10.0. The van der Waals surface area contributed by atoms with Crippen LogP contribution in [-0.2, 0) is 0 Å². The number of hydrogen-bond acceptors (Lipinski definition) is 1. The van der Waals surface area contributed by atoms with E-state index in [9.17, 15) is 0 Å². The third kappa shape index (κ3) is 4.58. The lowest BCUT2D eigenvalue weighted by Gasteiger charge is -2.16. The first-order valence-corrected chi connectivity index (χ1v) is 8.49. The van der Waals surface area contributed by atoms with Gasteiger partial charge >= 0.3 is 0 Å². The number of rotatable bonds is 6. The molecule has 1 fully saturated rings. The zero-order valence-corrected chi connectivity index (χ0v) is 13.8. The van der Waals surface area contributed by atoms with Crippen LogP contribution in [0.1, 0.15) is 38.5 Å². The van der Waals surface area contributed by atoms with E-state index in [1.807, 2.05) is 24.3 Å². The van der Waals surface area contributed by atoms with Gasteiger partial charge in [0.15, 0.2) is 0 Å². The SMILES string of the molecule is Brc1cccc(OCCCC(Br)C2CCCC2)c1. The van der Waals surface area contributed by atoms with Gasteiger partial charge in [0, 0.05) is 9.30 Å². The molecule has 0 N–H and O–H groups in total. The monoisotopic (exact) mass is 374 g/mol. The van der Waals surface area contributed by atoms with Crippen molar-refractivity contribution < 1.29 is 4.74 Å². The molecular weight excluding hydrogens is 356 g/mol. The van der Waals surface area contributed by atoms with E-state index in [0.29, 0.717) is 4.83 Å². The van der Waals surface area contributed by atoms with Gasteiger partial charge in [0.2, 0.25) is 0 Å². The molecule has 3 heteroatoms. The largest absolute Gasteiger partial charge is 0.494 e. The van der Waals surface area contributed by atoms with Crippen LogP contribution < -0.4 is 4.74 Å². The van der Waals surface area contributed by atoms with Crippen molar-refractivity contribution in [1.29, 1.82) is 0 Å². The summed E-state index contributed by atoms with van der Waals surface area (Å²) in [7, 11) is 0. The average molecular weight is 376 g/mol. The highest BCUT2D eigenvalue weighted by atomic mass is 79.9. The summed E-state index contributed by atoms with van der Waals surface area (Å²) in [5.41, 5.74) is 0. The molecule has 1 atom stereocenters. The Kier molecular flexibility index (Phi) is 6.03. The summed E-state index contributed by atoms with van der Waals surface area (Å²) in [4.78, 5) is 0.686. The molecule has 0 bridgehead atoms. The van der Waals surface area contributed by atoms with Crippen LogP contribution in [0.25, 0.3) is 0 Å². The van der Waals surface area contributed by atoms with Gasteiger partial charge in [0.25, 0.3) is 0 Å². The van der Waals surface area contributed by atoms with Gasteiger partial charge in [0.05, 0.1) is 6.61 Å². The minimum Gasteiger partial charge on any atom is -0.494 e. The number of alkyl halides is 1. The zero-order valence-electron chi connectivity index (χ0n) is 10.6. The van der Waals surface area contributed by atoms with Crippen molar-refractivity contribution in [2.75, 3.05) is 6.61 Å². The van der Waals surface area contributed by atoms with Crippen LogP contribution in [0.5, 0.6) is 5.75 Å². The van der Waals surface area contributed by atoms with Crippen LogP contribution in [0, 0.1) is 5.92 Å². The molecule has 18 heavy (non-hydrogen) atoms. The first kappa shape index (κ1) is 14.4. The van der Waals surface area contributed by atoms with E-state index in [0.717, 1.165) is 29.2 Å². The van der Waals surface area contributed by atoms with Crippen LogP contribution in [0.3, 0.4) is 0 Å². The van der Waals surface area contributed by atoms with Crippen molar-refractivity contribution in [2.24, 2.45) is 5.92 Å². The second kappa shape index (κ2) is 7.54. The molecule has 0 aromatic heterocycles. The molecule has 0 aliphatic heterocycles. The van der Waals surface area contributed by atoms with Gasteiger partial charge in [-0.15, -0.1) is 0 Å². The normalized spacial score (nSPS) is 17.9. The van der Waals surface area contributed by atoms with Gasteiger partial charge in [0.1, 0.15) is 5.75 Å². The fraction of sp³-hybridized carbons (Fsp3) is 0.600. The summed E-state index contributed by atoms with van der Waals surface area (Å²) in [6.45, 7) is 0.811. The molecule has 0 spiro atoms. The predicted molar refractivity (Wildman–Crippen MR) is 83.5 cm³/mol. The first-order valence-electron chi connectivity index (χ1n) is 6.78. The number of halogens is 2. The molecule has 100 valence electrons. The summed E-state index contributed by atoms with van der Waals surface area (Å²) in [5.74, 6) is 1.85. The number of hydrogen-bond donors (Lipinski definition) is 0. The summed E-state index contributed by atoms with van der Waals surface area (Å²) in [5, 5.41) is 0. The molecule has 1 nitrogen and oxygen atoms in total. The lowest BCUT2D eigenvalue weighted by molar-refractivity contribution is 0.301. The van der Waals surface area contributed by atoms with Gasteiger partial charge in [-0.1, -0.05) is 50.8 Å². The maximum atomic E-state index is 5.75. The summed E-state index contributed by atoms with van der Waals surface area (Å²) >= 11 is 7.29. The molecule has 1 unspecified atom stereocenters. The number of benzene rings is 1. The van der Waals surface area contributed by atoms with E-state index < -0.39 is 0 Å². The Bertz CT molecular complexity index is 361. The maximum absolute atomic E-state index is 5.75. The highest BCUT2D eigenvalue weighted by molar-refractivity contribution is 9.10. The van der Waals surface area contributed by atoms with Crippen molar-refractivity contribution >= 4 is 31.9 Å². The van der Waals surface area contributed by atoms with E-state index in [-0.39, 0.29) is 0 Å². The Hall–Kier alpha value is -0.0200. The van der Waals surface area contributed by atoms with Crippen LogP contribution >= 0.6 is 31.9 Å². The van der Waals surface area contributed by atoms with Crippen molar-refractivity contribution in [3.05, 3.63) is 28.7 Å². The maximum Gasteiger partial charge on any atom is 0.120 e. The second-order valence-corrected chi connectivity index (χ2v) is 7.10. The van der Waals surface area contributed by atoms with Crippen LogP contribution in [-0.4, -0.2) is 11.4 Å². The Morgan fingerprint density at radius 2 is 2.06 bits per heavy atom. The minimum atomic E-state index is 0.686. The van der Waals surface area contributed by atoms with Crippen molar-refractivity contribution in [1.82, 2.24) is 0 Å². The van der Waals surface area contributed by atoms with Crippen molar-refractivity contribution in [3.8, 4) is 5.75 Å². The topological polar surface area (TPSA) is 9.23 Å². The molecule has 1 aliphatic rings. The minimum absolute atomic E-state index is 0.686. The van der Waals surface area contributed by atoms with Crippen LogP contribution in [0.2, 0.25) is 0 Å². The Morgan fingerprint density at radius 3 is 2.78 bits per heavy atom. The summed E-state index contributed by atoms with van der Waals surface area (Å²) in [6.07, 6.45) is 7.99. The fourth-order valence-corrected chi connectivity index (χ4v) is 3.81. The molecule has 0 radical (unpaired) electrons. The van der Waals surface area contributed by atoms with Gasteiger partial charge in [-0.05, 0) is 49.8 Å². The third-order valence-electron chi connectivity index (χ3n) is 3.60. The predicted octanol–water partition coefficient (Wildman–Crippen LogP) is 5.56. The molecule has 1 aliphatic carbocycles. The van der Waals surface area contributed by atoms with Crippen LogP contribution in [0.4, 0.5) is 0 Å². The number of ether oxygens (including phenoxy) is 1. The third-order valence-corrected chi connectivity index (χ3v) is 5.30. The molecule has 0 amide bonds. The van der Waals surface area contributed by atoms with Crippen molar-refractivity contribution in [2.45, 2.75) is 43.4 Å². The van der Waals surface area contributed by atoms with Crippen molar-refractivity contribution in [3.63, 3.8) is 0 Å². The summed E-state index contributed by atoms with van der Waals surface area (Å²) in [6, 6.07) is 8.04.